The van der Waals surface area contributed by atoms with Crippen molar-refractivity contribution in [3.05, 3.63) is 78.8 Å². The Morgan fingerprint density at radius 1 is 1.03 bits per heavy atom. The monoisotopic (exact) mass is 593 g/mol. The molecule has 3 amide bonds. The second-order valence-corrected chi connectivity index (χ2v) is 8.40. The maximum Gasteiger partial charge on any atom is 0.326 e. The number of urea groups is 1. The lowest BCUT2D eigenvalue weighted by Gasteiger charge is -2.13. The third-order valence-corrected chi connectivity index (χ3v) is 5.21. The first kappa shape index (κ1) is 23.4. The normalized spacial score (nSPS) is 10.5. The number of nitrogens with one attached hydrogen (secondary N) is 2. The molecule has 160 valence electrons. The third kappa shape index (κ3) is 5.70. The number of hydrogen-bond donors (Lipinski definition) is 2. The van der Waals surface area contributed by atoms with Crippen LogP contribution in [0.1, 0.15) is 10.4 Å². The second kappa shape index (κ2) is 9.90. The molecule has 1 aromatic heterocycles. The summed E-state index contributed by atoms with van der Waals surface area (Å²) in [6, 6.07) is 6.16. The van der Waals surface area contributed by atoms with E-state index in [0.29, 0.717) is 4.47 Å². The zero-order chi connectivity index (χ0) is 22.7. The molecule has 6 nitrogen and oxygen atoms in total. The fraction of sp³-hybridized carbons (Fsp3) is 0. The molecule has 0 radical (unpaired) electrons. The summed E-state index contributed by atoms with van der Waals surface area (Å²) in [7, 11) is 0. The van der Waals surface area contributed by atoms with Crippen molar-refractivity contribution in [2.75, 3.05) is 5.32 Å². The largest absolute Gasteiger partial charge is 0.435 e. The Hall–Kier alpha value is -2.27. The number of imide groups is 1. The Kier molecular flexibility index (Phi) is 7.47. The molecule has 0 aliphatic carbocycles. The van der Waals surface area contributed by atoms with Gasteiger partial charge in [0.1, 0.15) is 17.2 Å². The molecule has 1 heterocycles. The molecule has 3 aromatic rings. The van der Waals surface area contributed by atoms with Crippen LogP contribution in [0.3, 0.4) is 0 Å². The van der Waals surface area contributed by atoms with Crippen molar-refractivity contribution in [3.63, 3.8) is 0 Å². The van der Waals surface area contributed by atoms with E-state index in [1.165, 1.54) is 18.3 Å². The van der Waals surface area contributed by atoms with Crippen LogP contribution < -0.4 is 15.4 Å². The Morgan fingerprint density at radius 3 is 2.23 bits per heavy atom. The molecule has 0 saturated heterocycles. The van der Waals surface area contributed by atoms with Crippen LogP contribution >= 0.6 is 55.1 Å². The van der Waals surface area contributed by atoms with Crippen molar-refractivity contribution < 1.29 is 23.1 Å². The van der Waals surface area contributed by atoms with E-state index in [0.717, 1.165) is 22.7 Å². The number of carbonyl (C=O) groups excluding carboxylic acids is 2. The average molecular weight is 596 g/mol. The number of aromatic nitrogens is 1. The quantitative estimate of drug-likeness (QED) is 0.342. The van der Waals surface area contributed by atoms with Crippen molar-refractivity contribution in [1.82, 2.24) is 10.3 Å². The molecule has 31 heavy (non-hydrogen) atoms. The summed E-state index contributed by atoms with van der Waals surface area (Å²) in [5.41, 5.74) is -0.783. The standard InChI is InChI=1S/C19H9Br2Cl2F2N3O3/c20-8-4-10(21)18(26-7-8)31-16-11(22)5-9(6-12(16)23)27-19(30)28-17(29)15-13(24)2-1-3-14(15)25/h1-7H,(H2,27,28,29,30). The van der Waals surface area contributed by atoms with Crippen LogP contribution in [-0.2, 0) is 0 Å². The van der Waals surface area contributed by atoms with Crippen LogP contribution in [0.25, 0.3) is 0 Å². The van der Waals surface area contributed by atoms with Crippen LogP contribution in [0, 0.1) is 11.6 Å². The van der Waals surface area contributed by atoms with E-state index in [-0.39, 0.29) is 27.4 Å². The lowest BCUT2D eigenvalue weighted by Crippen LogP contribution is -2.35. The van der Waals surface area contributed by atoms with E-state index in [1.54, 1.807) is 6.07 Å². The van der Waals surface area contributed by atoms with Crippen LogP contribution in [0.15, 0.2) is 51.5 Å². The molecule has 2 N–H and O–H groups in total. The lowest BCUT2D eigenvalue weighted by molar-refractivity contribution is 0.0959. The first-order chi connectivity index (χ1) is 14.7. The van der Waals surface area contributed by atoms with Gasteiger partial charge < -0.3 is 10.1 Å². The van der Waals surface area contributed by atoms with E-state index in [1.807, 2.05) is 5.32 Å². The van der Waals surface area contributed by atoms with Crippen LogP contribution in [0.4, 0.5) is 19.3 Å². The van der Waals surface area contributed by atoms with E-state index >= 15 is 0 Å². The topological polar surface area (TPSA) is 80.3 Å². The number of nitrogens with zero attached hydrogens (tertiary/aromatic N) is 1. The summed E-state index contributed by atoms with van der Waals surface area (Å²) in [6.07, 6.45) is 1.51. The van der Waals surface area contributed by atoms with Crippen LogP contribution in [-0.4, -0.2) is 16.9 Å². The maximum absolute atomic E-state index is 13.7. The van der Waals surface area contributed by atoms with Crippen molar-refractivity contribution >= 4 is 72.7 Å². The number of anilines is 1. The van der Waals surface area contributed by atoms with Gasteiger partial charge >= 0.3 is 6.03 Å². The molecule has 0 spiro atoms. The first-order valence-corrected chi connectivity index (χ1v) is 10.5. The highest BCUT2D eigenvalue weighted by molar-refractivity contribution is 9.11. The Labute approximate surface area is 201 Å². The van der Waals surface area contributed by atoms with Gasteiger partial charge in [0.05, 0.1) is 14.5 Å². The number of amides is 3. The summed E-state index contributed by atoms with van der Waals surface area (Å²) in [6.45, 7) is 0. The van der Waals surface area contributed by atoms with E-state index < -0.39 is 29.1 Å². The van der Waals surface area contributed by atoms with E-state index in [2.05, 4.69) is 42.2 Å². The van der Waals surface area contributed by atoms with Crippen molar-refractivity contribution in [1.29, 1.82) is 0 Å². The SMILES string of the molecule is O=C(NC(=O)c1c(F)cccc1F)Nc1cc(Cl)c(Oc2ncc(Br)cc2Br)c(Cl)c1. The van der Waals surface area contributed by atoms with Gasteiger partial charge in [-0.25, -0.2) is 18.6 Å². The van der Waals surface area contributed by atoms with Gasteiger partial charge in [-0.15, -0.1) is 0 Å². The Morgan fingerprint density at radius 2 is 1.65 bits per heavy atom. The van der Waals surface area contributed by atoms with Crippen molar-refractivity contribution in [3.8, 4) is 11.6 Å². The Balaban J connectivity index is 1.74. The molecule has 2 aromatic carbocycles. The molecule has 0 bridgehead atoms. The predicted octanol–water partition coefficient (Wildman–Crippen LogP) is 6.95. The molecule has 0 fully saturated rings. The van der Waals surface area contributed by atoms with Gasteiger partial charge in [-0.3, -0.25) is 10.1 Å². The zero-order valence-electron chi connectivity index (χ0n) is 15.0. The summed E-state index contributed by atoms with van der Waals surface area (Å²) < 4.78 is 34.2. The highest BCUT2D eigenvalue weighted by atomic mass is 79.9. The van der Waals surface area contributed by atoms with Gasteiger partial charge in [-0.2, -0.15) is 0 Å². The number of hydrogen-bond acceptors (Lipinski definition) is 4. The second-order valence-electron chi connectivity index (χ2n) is 5.82. The minimum atomic E-state index is -1.25. The smallest absolute Gasteiger partial charge is 0.326 e. The number of halogens is 6. The van der Waals surface area contributed by atoms with Crippen molar-refractivity contribution in [2.24, 2.45) is 0 Å². The minimum Gasteiger partial charge on any atom is -0.435 e. The van der Waals surface area contributed by atoms with Gasteiger partial charge in [0.15, 0.2) is 5.75 Å². The fourth-order valence-corrected chi connectivity index (χ4v) is 3.98. The molecule has 0 atom stereocenters. The highest BCUT2D eigenvalue weighted by Crippen LogP contribution is 2.40. The third-order valence-electron chi connectivity index (χ3n) is 3.65. The summed E-state index contributed by atoms with van der Waals surface area (Å²) >= 11 is 19.0. The number of ether oxygens (including phenoxy) is 1. The predicted molar refractivity (Wildman–Crippen MR) is 119 cm³/mol. The fourth-order valence-electron chi connectivity index (χ4n) is 2.35. The summed E-state index contributed by atoms with van der Waals surface area (Å²) in [5.74, 6) is -3.19. The number of pyridine rings is 1. The van der Waals surface area contributed by atoms with E-state index in [4.69, 9.17) is 27.9 Å². The van der Waals surface area contributed by atoms with Crippen LogP contribution in [0.2, 0.25) is 10.0 Å². The zero-order valence-corrected chi connectivity index (χ0v) is 19.7. The van der Waals surface area contributed by atoms with Gasteiger partial charge in [-0.05, 0) is 62.2 Å². The number of benzene rings is 2. The molecule has 0 unspecified atom stereocenters. The summed E-state index contributed by atoms with van der Waals surface area (Å²) in [5, 5.41) is 4.19. The number of carbonyl (C=O) groups is 2. The molecule has 0 saturated carbocycles. The Bertz CT molecular complexity index is 1150. The summed E-state index contributed by atoms with van der Waals surface area (Å²) in [4.78, 5) is 28.2. The van der Waals surface area contributed by atoms with Gasteiger partial charge in [0.25, 0.3) is 5.91 Å². The first-order valence-electron chi connectivity index (χ1n) is 8.20. The molecule has 0 aliphatic heterocycles. The molecule has 3 rings (SSSR count). The van der Waals surface area contributed by atoms with Gasteiger partial charge in [-0.1, -0.05) is 29.3 Å². The maximum atomic E-state index is 13.7. The number of rotatable bonds is 4. The van der Waals surface area contributed by atoms with Gasteiger partial charge in [0.2, 0.25) is 5.88 Å². The van der Waals surface area contributed by atoms with Gasteiger partial charge in [0, 0.05) is 16.4 Å². The molecular formula is C19H9Br2Cl2F2N3O3. The van der Waals surface area contributed by atoms with Crippen LogP contribution in [0.5, 0.6) is 11.6 Å². The highest BCUT2D eigenvalue weighted by Gasteiger charge is 2.20. The molecule has 0 aliphatic rings. The minimum absolute atomic E-state index is 0.0332. The van der Waals surface area contributed by atoms with Crippen molar-refractivity contribution in [2.45, 2.75) is 0 Å². The average Bonchev–Trinajstić information content (AvgIpc) is 2.65. The lowest BCUT2D eigenvalue weighted by atomic mass is 10.2. The van der Waals surface area contributed by atoms with E-state index in [9.17, 15) is 18.4 Å². The molecular weight excluding hydrogens is 587 g/mol. The molecule has 12 heteroatoms.